The monoisotopic (exact) mass is 325 g/mol. The molecule has 0 radical (unpaired) electrons. The Labute approximate surface area is 134 Å². The van der Waals surface area contributed by atoms with Crippen molar-refractivity contribution in [2.45, 2.75) is 19.8 Å². The molecule has 128 valence electrons. The molecule has 0 aliphatic carbocycles. The van der Waals surface area contributed by atoms with E-state index in [1.807, 2.05) is 0 Å². The quantitative estimate of drug-likeness (QED) is 0.302. The van der Waals surface area contributed by atoms with Crippen LogP contribution in [0.25, 0.3) is 0 Å². The second-order valence-electron chi connectivity index (χ2n) is 4.71. The van der Waals surface area contributed by atoms with Crippen molar-refractivity contribution in [3.8, 4) is 0 Å². The molecule has 0 spiro atoms. The van der Waals surface area contributed by atoms with Crippen LogP contribution in [-0.4, -0.2) is 83.8 Å². The maximum atomic E-state index is 5.76. The third-order valence-corrected chi connectivity index (χ3v) is 3.12. The lowest BCUT2D eigenvalue weighted by Crippen LogP contribution is -2.32. The van der Waals surface area contributed by atoms with E-state index >= 15 is 0 Å². The van der Waals surface area contributed by atoms with Gasteiger partial charge in [0.25, 0.3) is 0 Å². The van der Waals surface area contributed by atoms with E-state index in [1.54, 1.807) is 7.11 Å². The van der Waals surface area contributed by atoms with Crippen LogP contribution in [-0.2, 0) is 18.9 Å². The zero-order valence-electron chi connectivity index (χ0n) is 13.7. The number of methoxy groups -OCH3 is 1. The molecule has 0 aromatic carbocycles. The molecular weight excluding hydrogens is 294 g/mol. The van der Waals surface area contributed by atoms with E-state index in [9.17, 15) is 0 Å². The van der Waals surface area contributed by atoms with Crippen molar-refractivity contribution >= 4 is 11.6 Å². The van der Waals surface area contributed by atoms with Gasteiger partial charge in [0.05, 0.1) is 39.6 Å². The zero-order chi connectivity index (χ0) is 15.6. The van der Waals surface area contributed by atoms with E-state index in [0.717, 1.165) is 39.3 Å². The largest absolute Gasteiger partial charge is 0.383 e. The van der Waals surface area contributed by atoms with Gasteiger partial charge in [-0.2, -0.15) is 0 Å². The van der Waals surface area contributed by atoms with E-state index in [4.69, 9.17) is 30.5 Å². The predicted molar refractivity (Wildman–Crippen MR) is 86.4 cm³/mol. The summed E-state index contributed by atoms with van der Waals surface area (Å²) in [5.74, 6) is 0.630. The molecule has 0 fully saturated rings. The van der Waals surface area contributed by atoms with Crippen molar-refractivity contribution in [3.05, 3.63) is 0 Å². The summed E-state index contributed by atoms with van der Waals surface area (Å²) >= 11 is 5.76. The minimum absolute atomic E-state index is 0.616. The second kappa shape index (κ2) is 18.1. The number of rotatable bonds is 17. The molecule has 0 aliphatic rings. The number of halogens is 1. The van der Waals surface area contributed by atoms with Gasteiger partial charge in [-0.1, -0.05) is 13.3 Å². The highest BCUT2D eigenvalue weighted by atomic mass is 35.5. The first kappa shape index (κ1) is 21.1. The molecule has 0 saturated carbocycles. The lowest BCUT2D eigenvalue weighted by atomic mass is 10.4. The molecule has 0 saturated heterocycles. The minimum atomic E-state index is 0.616. The summed E-state index contributed by atoms with van der Waals surface area (Å²) in [5, 5.41) is 0. The van der Waals surface area contributed by atoms with E-state index < -0.39 is 0 Å². The van der Waals surface area contributed by atoms with Gasteiger partial charge >= 0.3 is 0 Å². The molecule has 0 bridgehead atoms. The fourth-order valence-electron chi connectivity index (χ4n) is 1.66. The van der Waals surface area contributed by atoms with Crippen LogP contribution >= 0.6 is 11.6 Å². The van der Waals surface area contributed by atoms with Gasteiger partial charge in [0.1, 0.15) is 0 Å². The van der Waals surface area contributed by atoms with Gasteiger partial charge in [-0.3, -0.25) is 4.90 Å². The van der Waals surface area contributed by atoms with Crippen LogP contribution in [0.4, 0.5) is 0 Å². The van der Waals surface area contributed by atoms with Crippen LogP contribution in [0.15, 0.2) is 0 Å². The fraction of sp³-hybridized carbons (Fsp3) is 1.00. The Morgan fingerprint density at radius 1 is 0.762 bits per heavy atom. The van der Waals surface area contributed by atoms with Gasteiger partial charge in [0.2, 0.25) is 0 Å². The van der Waals surface area contributed by atoms with Crippen LogP contribution in [0, 0.1) is 0 Å². The summed E-state index contributed by atoms with van der Waals surface area (Å²) in [6.07, 6.45) is 2.28. The van der Waals surface area contributed by atoms with Crippen molar-refractivity contribution in [1.29, 1.82) is 0 Å². The molecule has 0 unspecified atom stereocenters. The molecule has 0 amide bonds. The molecule has 0 atom stereocenters. The molecule has 5 nitrogen and oxygen atoms in total. The number of unbranched alkanes of at least 4 members (excludes halogenated alkanes) is 1. The number of ether oxygens (including phenoxy) is 4. The van der Waals surface area contributed by atoms with Crippen molar-refractivity contribution in [2.24, 2.45) is 0 Å². The Kier molecular flexibility index (Phi) is 18.2. The number of nitrogens with zero attached hydrogens (tertiary/aromatic N) is 1. The maximum Gasteiger partial charge on any atom is 0.0701 e. The Hall–Kier alpha value is 0.0900. The Morgan fingerprint density at radius 2 is 1.33 bits per heavy atom. The summed E-state index contributed by atoms with van der Waals surface area (Å²) in [5.41, 5.74) is 0. The highest BCUT2D eigenvalue weighted by Crippen LogP contribution is 1.92. The van der Waals surface area contributed by atoms with Crippen LogP contribution < -0.4 is 0 Å². The standard InChI is InChI=1S/C15H32ClNO4/c1-3-4-9-19-12-14-21-15-13-20-11-8-17(6-5-16)7-10-18-2/h3-15H2,1-2H3. The normalized spacial score (nSPS) is 11.4. The molecule has 0 aliphatic heterocycles. The smallest absolute Gasteiger partial charge is 0.0701 e. The van der Waals surface area contributed by atoms with Crippen LogP contribution in [0.1, 0.15) is 19.8 Å². The van der Waals surface area contributed by atoms with Gasteiger partial charge in [0, 0.05) is 39.2 Å². The highest BCUT2D eigenvalue weighted by molar-refractivity contribution is 6.18. The second-order valence-corrected chi connectivity index (χ2v) is 5.09. The van der Waals surface area contributed by atoms with Crippen LogP contribution in [0.5, 0.6) is 0 Å². The first-order valence-corrected chi connectivity index (χ1v) is 8.39. The first-order chi connectivity index (χ1) is 10.3. The Balaban J connectivity index is 3.25. The highest BCUT2D eigenvalue weighted by Gasteiger charge is 2.03. The van der Waals surface area contributed by atoms with E-state index in [0.29, 0.717) is 38.9 Å². The molecule has 21 heavy (non-hydrogen) atoms. The van der Waals surface area contributed by atoms with Crippen molar-refractivity contribution < 1.29 is 18.9 Å². The predicted octanol–water partition coefficient (Wildman–Crippen LogP) is 2.02. The summed E-state index contributed by atoms with van der Waals surface area (Å²) in [4.78, 5) is 2.24. The molecule has 0 aromatic rings. The Morgan fingerprint density at radius 3 is 1.90 bits per heavy atom. The van der Waals surface area contributed by atoms with Crippen LogP contribution in [0.3, 0.4) is 0 Å². The summed E-state index contributed by atoms with van der Waals surface area (Å²) < 4.78 is 21.4. The molecule has 0 aromatic heterocycles. The van der Waals surface area contributed by atoms with Crippen molar-refractivity contribution in [2.75, 3.05) is 78.9 Å². The molecule has 0 rings (SSSR count). The lowest BCUT2D eigenvalue weighted by molar-refractivity contribution is 0.00946. The SMILES string of the molecule is CCCCOCCOCCOCCN(CCCl)CCOC. The molecular formula is C15H32ClNO4. The summed E-state index contributed by atoms with van der Waals surface area (Å²) in [7, 11) is 1.71. The number of hydrogen-bond donors (Lipinski definition) is 0. The average Bonchev–Trinajstić information content (AvgIpc) is 2.50. The number of hydrogen-bond acceptors (Lipinski definition) is 5. The fourth-order valence-corrected chi connectivity index (χ4v) is 1.90. The topological polar surface area (TPSA) is 40.2 Å². The lowest BCUT2D eigenvalue weighted by Gasteiger charge is -2.20. The van der Waals surface area contributed by atoms with Crippen molar-refractivity contribution in [3.63, 3.8) is 0 Å². The van der Waals surface area contributed by atoms with Gasteiger partial charge in [-0.15, -0.1) is 11.6 Å². The summed E-state index contributed by atoms with van der Waals surface area (Å²) in [6.45, 7) is 9.55. The van der Waals surface area contributed by atoms with Gasteiger partial charge < -0.3 is 18.9 Å². The maximum absolute atomic E-state index is 5.76. The van der Waals surface area contributed by atoms with Gasteiger partial charge in [-0.25, -0.2) is 0 Å². The molecule has 0 heterocycles. The van der Waals surface area contributed by atoms with Gasteiger partial charge in [0.15, 0.2) is 0 Å². The Bertz CT molecular complexity index is 199. The summed E-state index contributed by atoms with van der Waals surface area (Å²) in [6, 6.07) is 0. The van der Waals surface area contributed by atoms with E-state index in [2.05, 4.69) is 11.8 Å². The third-order valence-electron chi connectivity index (χ3n) is 2.95. The molecule has 0 N–H and O–H groups in total. The first-order valence-electron chi connectivity index (χ1n) is 7.85. The molecule has 6 heteroatoms. The third kappa shape index (κ3) is 16.3. The zero-order valence-corrected chi connectivity index (χ0v) is 14.4. The van der Waals surface area contributed by atoms with E-state index in [1.165, 1.54) is 6.42 Å². The number of alkyl halides is 1. The van der Waals surface area contributed by atoms with Crippen LogP contribution in [0.2, 0.25) is 0 Å². The van der Waals surface area contributed by atoms with Crippen molar-refractivity contribution in [1.82, 2.24) is 4.90 Å². The van der Waals surface area contributed by atoms with E-state index in [-0.39, 0.29) is 0 Å². The minimum Gasteiger partial charge on any atom is -0.383 e. The van der Waals surface area contributed by atoms with Gasteiger partial charge in [-0.05, 0) is 6.42 Å². The average molecular weight is 326 g/mol.